The number of amides is 1. The van der Waals surface area contributed by atoms with Crippen LogP contribution in [0.1, 0.15) is 43.9 Å². The molecular weight excluding hydrogens is 447 g/mol. The molecule has 25 heavy (non-hydrogen) atoms. The van der Waals surface area contributed by atoms with Gasteiger partial charge in [0, 0.05) is 43.9 Å². The number of nitrogens with zero attached hydrogens (tertiary/aromatic N) is 2. The number of hydrogen-bond acceptors (Lipinski definition) is 3. The maximum atomic E-state index is 11.5. The standard InChI is InChI=1S/C18H30N4OS.HI/c1-4-20-18(21-13-14(2)16-6-5-11-24-16)22-9-7-15(8-10-22)12-17(23)19-3;/h5-6,11,14-15H,4,7-10,12-13H2,1-3H3,(H,19,23)(H,20,21);1H. The minimum Gasteiger partial charge on any atom is -0.359 e. The van der Waals surface area contributed by atoms with Crippen molar-refractivity contribution in [3.63, 3.8) is 0 Å². The maximum absolute atomic E-state index is 11.5. The molecule has 1 aromatic heterocycles. The van der Waals surface area contributed by atoms with Crippen LogP contribution in [0, 0.1) is 5.92 Å². The Balaban J connectivity index is 0.00000312. The number of nitrogens with one attached hydrogen (secondary N) is 2. The lowest BCUT2D eigenvalue weighted by Gasteiger charge is -2.34. The smallest absolute Gasteiger partial charge is 0.220 e. The Morgan fingerprint density at radius 3 is 2.72 bits per heavy atom. The number of hydrogen-bond donors (Lipinski definition) is 2. The normalized spacial score (nSPS) is 16.9. The van der Waals surface area contributed by atoms with E-state index in [-0.39, 0.29) is 29.9 Å². The van der Waals surface area contributed by atoms with Gasteiger partial charge >= 0.3 is 0 Å². The van der Waals surface area contributed by atoms with Crippen molar-refractivity contribution in [2.24, 2.45) is 10.9 Å². The van der Waals surface area contributed by atoms with Gasteiger partial charge in [-0.3, -0.25) is 9.79 Å². The van der Waals surface area contributed by atoms with Gasteiger partial charge in [0.15, 0.2) is 5.96 Å². The molecule has 0 aromatic carbocycles. The van der Waals surface area contributed by atoms with Crippen molar-refractivity contribution in [2.45, 2.75) is 39.0 Å². The number of aliphatic imine (C=N–C) groups is 1. The van der Waals surface area contributed by atoms with Crippen molar-refractivity contribution in [3.8, 4) is 0 Å². The van der Waals surface area contributed by atoms with Crippen molar-refractivity contribution in [2.75, 3.05) is 33.2 Å². The Kier molecular flexibility index (Phi) is 10.4. The van der Waals surface area contributed by atoms with Crippen molar-refractivity contribution in [1.29, 1.82) is 0 Å². The molecule has 2 heterocycles. The quantitative estimate of drug-likeness (QED) is 0.375. The van der Waals surface area contributed by atoms with Crippen LogP contribution in [-0.2, 0) is 4.79 Å². The van der Waals surface area contributed by atoms with Crippen LogP contribution in [0.25, 0.3) is 0 Å². The van der Waals surface area contributed by atoms with Gasteiger partial charge in [0.25, 0.3) is 0 Å². The van der Waals surface area contributed by atoms with E-state index in [0.29, 0.717) is 18.3 Å². The summed E-state index contributed by atoms with van der Waals surface area (Å²) in [6.45, 7) is 7.97. The molecule has 1 aromatic rings. The number of piperidine rings is 1. The fraction of sp³-hybridized carbons (Fsp3) is 0.667. The molecule has 1 unspecified atom stereocenters. The third-order valence-electron chi connectivity index (χ3n) is 4.55. The number of rotatable bonds is 6. The molecule has 0 aliphatic carbocycles. The molecule has 2 rings (SSSR count). The van der Waals surface area contributed by atoms with Gasteiger partial charge < -0.3 is 15.5 Å². The van der Waals surface area contributed by atoms with Crippen LogP contribution in [-0.4, -0.2) is 50.0 Å². The molecule has 142 valence electrons. The largest absolute Gasteiger partial charge is 0.359 e. The number of carbonyl (C=O) groups is 1. The monoisotopic (exact) mass is 478 g/mol. The van der Waals surface area contributed by atoms with Crippen LogP contribution < -0.4 is 10.6 Å². The van der Waals surface area contributed by atoms with Crippen LogP contribution in [0.15, 0.2) is 22.5 Å². The Hall–Kier alpha value is -0.830. The first kappa shape index (κ1) is 22.2. The fourth-order valence-corrected chi connectivity index (χ4v) is 3.80. The minimum atomic E-state index is 0. The first-order chi connectivity index (χ1) is 11.6. The lowest BCUT2D eigenvalue weighted by molar-refractivity contribution is -0.121. The third kappa shape index (κ3) is 7.13. The highest BCUT2D eigenvalue weighted by atomic mass is 127. The van der Waals surface area contributed by atoms with Crippen molar-refractivity contribution in [1.82, 2.24) is 15.5 Å². The predicted molar refractivity (Wildman–Crippen MR) is 117 cm³/mol. The van der Waals surface area contributed by atoms with E-state index in [0.717, 1.165) is 45.0 Å². The van der Waals surface area contributed by atoms with Crippen LogP contribution in [0.5, 0.6) is 0 Å². The van der Waals surface area contributed by atoms with Crippen molar-refractivity contribution >= 4 is 47.2 Å². The Bertz CT molecular complexity index is 527. The molecule has 2 N–H and O–H groups in total. The van der Waals surface area contributed by atoms with Gasteiger partial charge in [-0.05, 0) is 37.1 Å². The van der Waals surface area contributed by atoms with Gasteiger partial charge in [0.05, 0.1) is 6.54 Å². The van der Waals surface area contributed by atoms with Crippen LogP contribution in [0.4, 0.5) is 0 Å². The third-order valence-corrected chi connectivity index (χ3v) is 5.65. The van der Waals surface area contributed by atoms with Gasteiger partial charge in [-0.1, -0.05) is 13.0 Å². The highest BCUT2D eigenvalue weighted by Gasteiger charge is 2.23. The van der Waals surface area contributed by atoms with Crippen LogP contribution in [0.3, 0.4) is 0 Å². The summed E-state index contributed by atoms with van der Waals surface area (Å²) in [4.78, 5) is 20.1. The maximum Gasteiger partial charge on any atom is 0.220 e. The molecule has 0 saturated carbocycles. The zero-order valence-electron chi connectivity index (χ0n) is 15.5. The Morgan fingerprint density at radius 2 is 2.16 bits per heavy atom. The summed E-state index contributed by atoms with van der Waals surface area (Å²) in [5, 5.41) is 8.27. The molecular formula is C18H31IN4OS. The summed E-state index contributed by atoms with van der Waals surface area (Å²) in [6, 6.07) is 4.28. The van der Waals surface area contributed by atoms with Gasteiger partial charge in [0.1, 0.15) is 0 Å². The van der Waals surface area contributed by atoms with Crippen molar-refractivity contribution in [3.05, 3.63) is 22.4 Å². The lowest BCUT2D eigenvalue weighted by Crippen LogP contribution is -2.46. The Labute approximate surface area is 172 Å². The summed E-state index contributed by atoms with van der Waals surface area (Å²) < 4.78 is 0. The predicted octanol–water partition coefficient (Wildman–Crippen LogP) is 3.28. The van der Waals surface area contributed by atoms with E-state index in [1.165, 1.54) is 4.88 Å². The molecule has 0 spiro atoms. The zero-order valence-corrected chi connectivity index (χ0v) is 18.6. The van der Waals surface area contributed by atoms with E-state index in [2.05, 4.69) is 46.9 Å². The van der Waals surface area contributed by atoms with Crippen molar-refractivity contribution < 1.29 is 4.79 Å². The average molecular weight is 478 g/mol. The number of likely N-dealkylation sites (tertiary alicyclic amines) is 1. The van der Waals surface area contributed by atoms with Gasteiger partial charge in [-0.25, -0.2) is 0 Å². The highest BCUT2D eigenvalue weighted by Crippen LogP contribution is 2.22. The molecule has 1 atom stereocenters. The van der Waals surface area contributed by atoms with E-state index in [1.807, 2.05) is 0 Å². The Morgan fingerprint density at radius 1 is 1.44 bits per heavy atom. The summed E-state index contributed by atoms with van der Waals surface area (Å²) in [6.07, 6.45) is 2.75. The summed E-state index contributed by atoms with van der Waals surface area (Å²) >= 11 is 1.80. The summed E-state index contributed by atoms with van der Waals surface area (Å²) in [5.74, 6) is 2.11. The summed E-state index contributed by atoms with van der Waals surface area (Å²) in [5.41, 5.74) is 0. The molecule has 1 amide bonds. The first-order valence-corrected chi connectivity index (χ1v) is 9.79. The molecule has 7 heteroatoms. The topological polar surface area (TPSA) is 56.7 Å². The molecule has 1 aliphatic heterocycles. The molecule has 1 aliphatic rings. The summed E-state index contributed by atoms with van der Waals surface area (Å²) in [7, 11) is 1.71. The first-order valence-electron chi connectivity index (χ1n) is 8.91. The second-order valence-electron chi connectivity index (χ2n) is 6.42. The van der Waals surface area contributed by atoms with Gasteiger partial charge in [-0.2, -0.15) is 0 Å². The molecule has 0 radical (unpaired) electrons. The van der Waals surface area contributed by atoms with Gasteiger partial charge in [-0.15, -0.1) is 35.3 Å². The van der Waals surface area contributed by atoms with E-state index >= 15 is 0 Å². The second kappa shape index (κ2) is 11.7. The average Bonchev–Trinajstić information content (AvgIpc) is 3.13. The van der Waals surface area contributed by atoms with Gasteiger partial charge in [0.2, 0.25) is 5.91 Å². The zero-order chi connectivity index (χ0) is 17.4. The molecule has 0 bridgehead atoms. The molecule has 1 fully saturated rings. The van der Waals surface area contributed by atoms with E-state index in [4.69, 9.17) is 4.99 Å². The molecule has 5 nitrogen and oxygen atoms in total. The van der Waals surface area contributed by atoms with Crippen LogP contribution >= 0.6 is 35.3 Å². The number of guanidine groups is 1. The molecule has 1 saturated heterocycles. The second-order valence-corrected chi connectivity index (χ2v) is 7.40. The van der Waals surface area contributed by atoms with E-state index < -0.39 is 0 Å². The fourth-order valence-electron chi connectivity index (χ4n) is 3.02. The lowest BCUT2D eigenvalue weighted by atomic mass is 9.93. The van der Waals surface area contributed by atoms with Crippen LogP contribution in [0.2, 0.25) is 0 Å². The minimum absolute atomic E-state index is 0. The highest BCUT2D eigenvalue weighted by molar-refractivity contribution is 14.0. The van der Waals surface area contributed by atoms with E-state index in [9.17, 15) is 4.79 Å². The van der Waals surface area contributed by atoms with E-state index in [1.54, 1.807) is 18.4 Å². The SMILES string of the molecule is CCNC(=NCC(C)c1cccs1)N1CCC(CC(=O)NC)CC1.I. The number of halogens is 1. The number of thiophene rings is 1. The number of carbonyl (C=O) groups excluding carboxylic acids is 1.